The fourth-order valence-corrected chi connectivity index (χ4v) is 0.297. The van der Waals surface area contributed by atoms with Crippen LogP contribution in [0.4, 0.5) is 9.28 Å². The molecule has 0 aromatic rings. The molecule has 54 valence electrons. The van der Waals surface area contributed by atoms with Crippen molar-refractivity contribution in [3.8, 4) is 0 Å². The highest BCUT2D eigenvalue weighted by Gasteiger charge is 2.15. The van der Waals surface area contributed by atoms with Crippen LogP contribution in [0.15, 0.2) is 0 Å². The minimum Gasteiger partial charge on any atom is -0.442 e. The first-order valence-electron chi connectivity index (χ1n) is 2.55. The third kappa shape index (κ3) is 5.06. The van der Waals surface area contributed by atoms with Crippen LogP contribution in [0.2, 0.25) is 0 Å². The molecule has 0 radical (unpaired) electrons. The number of ether oxygens (including phenoxy) is 1. The van der Waals surface area contributed by atoms with Crippen molar-refractivity contribution in [2.45, 2.75) is 26.4 Å². The number of nitrogens with one attached hydrogen (secondary N) is 1. The van der Waals surface area contributed by atoms with E-state index < -0.39 is 11.7 Å². The van der Waals surface area contributed by atoms with Crippen LogP contribution in [0.5, 0.6) is 0 Å². The Morgan fingerprint density at radius 3 is 2.11 bits per heavy atom. The van der Waals surface area contributed by atoms with E-state index in [-0.39, 0.29) is 0 Å². The zero-order valence-electron chi connectivity index (χ0n) is 5.69. The lowest BCUT2D eigenvalue weighted by Gasteiger charge is -2.17. The van der Waals surface area contributed by atoms with Gasteiger partial charge in [0.1, 0.15) is 5.60 Å². The van der Waals surface area contributed by atoms with Crippen molar-refractivity contribution in [1.82, 2.24) is 5.54 Å². The van der Waals surface area contributed by atoms with Gasteiger partial charge in [-0.15, -0.1) is 0 Å². The molecule has 0 spiro atoms. The van der Waals surface area contributed by atoms with Gasteiger partial charge in [0, 0.05) is 0 Å². The highest BCUT2D eigenvalue weighted by atomic mass is 19.2. The van der Waals surface area contributed by atoms with Crippen molar-refractivity contribution in [3.63, 3.8) is 0 Å². The summed E-state index contributed by atoms with van der Waals surface area (Å²) in [6.07, 6.45) is -1.05. The van der Waals surface area contributed by atoms with Gasteiger partial charge in [0.05, 0.1) is 0 Å². The molecule has 0 fully saturated rings. The topological polar surface area (TPSA) is 38.3 Å². The summed E-state index contributed by atoms with van der Waals surface area (Å²) < 4.78 is 15.7. The van der Waals surface area contributed by atoms with Gasteiger partial charge in [0.25, 0.3) is 0 Å². The lowest BCUT2D eigenvalue weighted by atomic mass is 10.2. The average Bonchev–Trinajstić information content (AvgIpc) is 1.62. The smallest absolute Gasteiger partial charge is 0.435 e. The summed E-state index contributed by atoms with van der Waals surface area (Å²) in [4.78, 5) is 10.1. The zero-order chi connectivity index (χ0) is 7.49. The molecule has 0 bridgehead atoms. The molecule has 0 aliphatic carbocycles. The van der Waals surface area contributed by atoms with Crippen LogP contribution in [0.3, 0.4) is 0 Å². The summed E-state index contributed by atoms with van der Waals surface area (Å²) in [6.45, 7) is 4.96. The van der Waals surface area contributed by atoms with E-state index in [0.717, 1.165) is 5.54 Å². The second kappa shape index (κ2) is 2.66. The van der Waals surface area contributed by atoms with Crippen LogP contribution in [-0.2, 0) is 4.74 Å². The standard InChI is InChI=1S/C5H10FNO2/c1-5(2,3)9-4(8)7-6/h1-3H3,(H,7,8). The van der Waals surface area contributed by atoms with Gasteiger partial charge < -0.3 is 4.74 Å². The number of carbonyl (C=O) groups excluding carboxylic acids is 1. The molecule has 3 nitrogen and oxygen atoms in total. The molecule has 1 amide bonds. The van der Waals surface area contributed by atoms with E-state index in [9.17, 15) is 9.28 Å². The molecule has 0 aliphatic rings. The van der Waals surface area contributed by atoms with Crippen LogP contribution in [0, 0.1) is 0 Å². The number of rotatable bonds is 0. The average molecular weight is 135 g/mol. The predicted molar refractivity (Wildman–Crippen MR) is 30.5 cm³/mol. The largest absolute Gasteiger partial charge is 0.442 e. The van der Waals surface area contributed by atoms with Gasteiger partial charge in [-0.2, -0.15) is 5.54 Å². The van der Waals surface area contributed by atoms with Gasteiger partial charge in [-0.05, 0) is 20.8 Å². The maximum Gasteiger partial charge on any atom is 0.435 e. The van der Waals surface area contributed by atoms with E-state index in [2.05, 4.69) is 4.74 Å². The minimum atomic E-state index is -1.05. The Balaban J connectivity index is 3.60. The van der Waals surface area contributed by atoms with Crippen molar-refractivity contribution < 1.29 is 14.0 Å². The molecule has 0 unspecified atom stereocenters. The summed E-state index contributed by atoms with van der Waals surface area (Å²) in [5.74, 6) is 0. The quantitative estimate of drug-likeness (QED) is 0.510. The first-order valence-corrected chi connectivity index (χ1v) is 2.55. The molecular weight excluding hydrogens is 125 g/mol. The highest BCUT2D eigenvalue weighted by molar-refractivity contribution is 5.66. The number of amides is 1. The van der Waals surface area contributed by atoms with Crippen molar-refractivity contribution in [1.29, 1.82) is 0 Å². The Morgan fingerprint density at radius 1 is 1.56 bits per heavy atom. The molecule has 0 aliphatic heterocycles. The molecule has 0 atom stereocenters. The molecule has 1 N–H and O–H groups in total. The van der Waals surface area contributed by atoms with Gasteiger partial charge in [-0.1, -0.05) is 4.48 Å². The Bertz CT molecular complexity index is 108. The van der Waals surface area contributed by atoms with E-state index >= 15 is 0 Å². The Morgan fingerprint density at radius 2 is 2.00 bits per heavy atom. The number of halogens is 1. The van der Waals surface area contributed by atoms with E-state index in [1.54, 1.807) is 20.8 Å². The van der Waals surface area contributed by atoms with Gasteiger partial charge >= 0.3 is 6.09 Å². The Hall–Kier alpha value is -0.800. The van der Waals surface area contributed by atoms with Gasteiger partial charge in [-0.25, -0.2) is 4.79 Å². The van der Waals surface area contributed by atoms with Gasteiger partial charge in [-0.3, -0.25) is 0 Å². The SMILES string of the molecule is CC(C)(C)OC(=O)NF. The van der Waals surface area contributed by atoms with E-state index in [1.165, 1.54) is 0 Å². The molecule has 4 heteroatoms. The van der Waals surface area contributed by atoms with Crippen LogP contribution in [0.1, 0.15) is 20.8 Å². The summed E-state index contributed by atoms with van der Waals surface area (Å²) in [5.41, 5.74) is 0.232. The second-order valence-corrected chi connectivity index (χ2v) is 2.60. The normalized spacial score (nSPS) is 10.7. The Labute approximate surface area is 53.1 Å². The van der Waals surface area contributed by atoms with E-state index in [1.807, 2.05) is 0 Å². The summed E-state index contributed by atoms with van der Waals surface area (Å²) >= 11 is 0. The number of hydrogen-bond acceptors (Lipinski definition) is 2. The zero-order valence-corrected chi connectivity index (χ0v) is 5.69. The molecule has 0 heterocycles. The fraction of sp³-hybridized carbons (Fsp3) is 0.800. The lowest BCUT2D eigenvalue weighted by Crippen LogP contribution is -2.28. The van der Waals surface area contributed by atoms with Crippen LogP contribution in [0.25, 0.3) is 0 Å². The number of hydrogen-bond donors (Lipinski definition) is 1. The second-order valence-electron chi connectivity index (χ2n) is 2.60. The lowest BCUT2D eigenvalue weighted by molar-refractivity contribution is 0.0398. The van der Waals surface area contributed by atoms with Gasteiger partial charge in [0.2, 0.25) is 0 Å². The third-order valence-electron chi connectivity index (χ3n) is 0.476. The molecule has 0 saturated carbocycles. The first kappa shape index (κ1) is 8.20. The summed E-state index contributed by atoms with van der Waals surface area (Å²) in [7, 11) is 0. The maximum atomic E-state index is 11.2. The summed E-state index contributed by atoms with van der Waals surface area (Å²) in [6, 6.07) is 0. The first-order chi connectivity index (χ1) is 3.95. The molecule has 0 saturated heterocycles. The molecule has 0 aromatic heterocycles. The van der Waals surface area contributed by atoms with Crippen molar-refractivity contribution in [2.24, 2.45) is 0 Å². The third-order valence-corrected chi connectivity index (χ3v) is 0.476. The van der Waals surface area contributed by atoms with E-state index in [0.29, 0.717) is 0 Å². The van der Waals surface area contributed by atoms with E-state index in [4.69, 9.17) is 0 Å². The van der Waals surface area contributed by atoms with Gasteiger partial charge in [0.15, 0.2) is 0 Å². The van der Waals surface area contributed by atoms with Crippen molar-refractivity contribution >= 4 is 6.09 Å². The number of carbonyl (C=O) groups is 1. The van der Waals surface area contributed by atoms with Crippen molar-refractivity contribution in [3.05, 3.63) is 0 Å². The monoisotopic (exact) mass is 135 g/mol. The summed E-state index contributed by atoms with van der Waals surface area (Å²) in [5, 5.41) is 0. The van der Waals surface area contributed by atoms with Crippen LogP contribution in [-0.4, -0.2) is 11.7 Å². The maximum absolute atomic E-state index is 11.2. The minimum absolute atomic E-state index is 0.629. The van der Waals surface area contributed by atoms with Crippen LogP contribution < -0.4 is 5.54 Å². The fourth-order valence-electron chi connectivity index (χ4n) is 0.297. The Kier molecular flexibility index (Phi) is 2.42. The highest BCUT2D eigenvalue weighted by Crippen LogP contribution is 2.05. The molecule has 0 aromatic carbocycles. The molecule has 9 heavy (non-hydrogen) atoms. The predicted octanol–water partition coefficient (Wildman–Crippen LogP) is 1.40. The molecular formula is C5H10FNO2. The van der Waals surface area contributed by atoms with Crippen LogP contribution >= 0.6 is 0 Å². The van der Waals surface area contributed by atoms with Crippen molar-refractivity contribution in [2.75, 3.05) is 0 Å². The molecule has 0 rings (SSSR count).